The average Bonchev–Trinajstić information content (AvgIpc) is 2.38. The van der Waals surface area contributed by atoms with E-state index in [-0.39, 0.29) is 0 Å². The summed E-state index contributed by atoms with van der Waals surface area (Å²) in [5.41, 5.74) is 6.04. The van der Waals surface area contributed by atoms with Gasteiger partial charge in [0.25, 0.3) is 0 Å². The molecular weight excluding hydrogens is 156 g/mol. The molecule has 13 heavy (non-hydrogen) atoms. The summed E-state index contributed by atoms with van der Waals surface area (Å²) in [6.07, 6.45) is 17.1. The first kappa shape index (κ1) is 7.14. The zero-order chi connectivity index (χ0) is 8.67. The first-order chi connectivity index (χ1) is 6.42. The van der Waals surface area contributed by atoms with E-state index in [9.17, 15) is 0 Å². The lowest BCUT2D eigenvalue weighted by Gasteiger charge is -2.20. The predicted octanol–water partition coefficient (Wildman–Crippen LogP) is 3.46. The van der Waals surface area contributed by atoms with Crippen molar-refractivity contribution in [1.82, 2.24) is 0 Å². The first-order valence-electron chi connectivity index (χ1n) is 4.90. The highest BCUT2D eigenvalue weighted by molar-refractivity contribution is 5.53. The number of hydrogen-bond acceptors (Lipinski definition) is 0. The van der Waals surface area contributed by atoms with E-state index in [0.717, 1.165) is 6.42 Å². The number of fused-ring (bicyclic) bond motifs is 3. The highest BCUT2D eigenvalue weighted by Crippen LogP contribution is 2.38. The average molecular weight is 168 g/mol. The van der Waals surface area contributed by atoms with Crippen LogP contribution in [0.1, 0.15) is 19.3 Å². The smallest absolute Gasteiger partial charge is 0.00256 e. The van der Waals surface area contributed by atoms with E-state index in [2.05, 4.69) is 36.5 Å². The Labute approximate surface area is 78.7 Å². The second-order valence-corrected chi connectivity index (χ2v) is 3.88. The standard InChI is InChI=1S/C13H12/c1-2-4-11-7-10(3-1)8-12-5-6-13(12)9-11/h1-4,8-9H,5-7H2. The van der Waals surface area contributed by atoms with Gasteiger partial charge in [0.2, 0.25) is 0 Å². The van der Waals surface area contributed by atoms with Crippen LogP contribution in [0, 0.1) is 0 Å². The summed E-state index contributed by atoms with van der Waals surface area (Å²) in [4.78, 5) is 0. The van der Waals surface area contributed by atoms with Gasteiger partial charge in [-0.05, 0) is 41.6 Å². The Kier molecular flexibility index (Phi) is 1.42. The van der Waals surface area contributed by atoms with Crippen LogP contribution in [0.15, 0.2) is 58.7 Å². The van der Waals surface area contributed by atoms with Gasteiger partial charge in [0.15, 0.2) is 0 Å². The van der Waals surface area contributed by atoms with Gasteiger partial charge in [-0.3, -0.25) is 0 Å². The van der Waals surface area contributed by atoms with Crippen LogP contribution in [0.4, 0.5) is 0 Å². The Bertz CT molecular complexity index is 360. The third-order valence-corrected chi connectivity index (χ3v) is 2.94. The lowest BCUT2D eigenvalue weighted by molar-refractivity contribution is 0.824. The molecule has 64 valence electrons. The summed E-state index contributed by atoms with van der Waals surface area (Å²) in [5.74, 6) is 0. The monoisotopic (exact) mass is 168 g/mol. The van der Waals surface area contributed by atoms with Crippen LogP contribution in [-0.4, -0.2) is 0 Å². The van der Waals surface area contributed by atoms with Gasteiger partial charge in [-0.25, -0.2) is 0 Å². The summed E-state index contributed by atoms with van der Waals surface area (Å²) in [6, 6.07) is 0. The minimum absolute atomic E-state index is 1.11. The topological polar surface area (TPSA) is 0 Å². The molecule has 0 N–H and O–H groups in total. The molecule has 0 saturated heterocycles. The van der Waals surface area contributed by atoms with Crippen LogP contribution in [0.3, 0.4) is 0 Å². The molecule has 1 fully saturated rings. The fourth-order valence-corrected chi connectivity index (χ4v) is 2.10. The molecule has 0 aliphatic heterocycles. The van der Waals surface area contributed by atoms with Crippen molar-refractivity contribution in [3.05, 3.63) is 58.7 Å². The van der Waals surface area contributed by atoms with Crippen LogP contribution < -0.4 is 0 Å². The molecule has 0 amide bonds. The quantitative estimate of drug-likeness (QED) is 0.519. The van der Waals surface area contributed by atoms with Gasteiger partial charge in [-0.2, -0.15) is 0 Å². The molecule has 3 aliphatic carbocycles. The maximum Gasteiger partial charge on any atom is -0.00256 e. The van der Waals surface area contributed by atoms with Gasteiger partial charge in [0.1, 0.15) is 0 Å². The van der Waals surface area contributed by atoms with Crippen LogP contribution in [0.5, 0.6) is 0 Å². The molecule has 0 heteroatoms. The van der Waals surface area contributed by atoms with E-state index in [4.69, 9.17) is 0 Å². The van der Waals surface area contributed by atoms with Crippen LogP contribution >= 0.6 is 0 Å². The second-order valence-electron chi connectivity index (χ2n) is 3.88. The van der Waals surface area contributed by atoms with Crippen molar-refractivity contribution in [3.63, 3.8) is 0 Å². The van der Waals surface area contributed by atoms with E-state index < -0.39 is 0 Å². The maximum atomic E-state index is 2.37. The van der Waals surface area contributed by atoms with Crippen molar-refractivity contribution in [2.45, 2.75) is 19.3 Å². The minimum Gasteiger partial charge on any atom is -0.0620 e. The van der Waals surface area contributed by atoms with Gasteiger partial charge >= 0.3 is 0 Å². The van der Waals surface area contributed by atoms with E-state index >= 15 is 0 Å². The molecule has 0 nitrogen and oxygen atoms in total. The molecule has 3 rings (SSSR count). The van der Waals surface area contributed by atoms with Gasteiger partial charge in [0.05, 0.1) is 0 Å². The van der Waals surface area contributed by atoms with Gasteiger partial charge < -0.3 is 0 Å². The van der Waals surface area contributed by atoms with E-state index in [1.165, 1.54) is 24.0 Å². The van der Waals surface area contributed by atoms with Crippen molar-refractivity contribution in [2.24, 2.45) is 0 Å². The predicted molar refractivity (Wildman–Crippen MR) is 55.3 cm³/mol. The van der Waals surface area contributed by atoms with Crippen molar-refractivity contribution < 1.29 is 0 Å². The Morgan fingerprint density at radius 3 is 1.77 bits per heavy atom. The van der Waals surface area contributed by atoms with Crippen LogP contribution in [-0.2, 0) is 0 Å². The molecule has 3 aliphatic rings. The largest absolute Gasteiger partial charge is 0.0620 e. The molecule has 1 saturated carbocycles. The Balaban J connectivity index is 2.16. The Hall–Kier alpha value is -1.30. The zero-order valence-corrected chi connectivity index (χ0v) is 7.59. The van der Waals surface area contributed by atoms with E-state index in [1.807, 2.05) is 0 Å². The number of hydrogen-bond donors (Lipinski definition) is 0. The fourth-order valence-electron chi connectivity index (χ4n) is 2.10. The molecule has 0 radical (unpaired) electrons. The number of rotatable bonds is 0. The summed E-state index contributed by atoms with van der Waals surface area (Å²) in [7, 11) is 0. The van der Waals surface area contributed by atoms with Gasteiger partial charge in [0, 0.05) is 0 Å². The molecule has 0 unspecified atom stereocenters. The lowest BCUT2D eigenvalue weighted by atomic mass is 9.85. The SMILES string of the molecule is C1=CC=C2C=C3CCC3=CC(=C1)C2. The first-order valence-corrected chi connectivity index (χ1v) is 4.90. The third-order valence-electron chi connectivity index (χ3n) is 2.94. The van der Waals surface area contributed by atoms with E-state index in [0.29, 0.717) is 0 Å². The highest BCUT2D eigenvalue weighted by Gasteiger charge is 2.19. The molecule has 0 aromatic heterocycles. The van der Waals surface area contributed by atoms with Crippen molar-refractivity contribution in [2.75, 3.05) is 0 Å². The normalized spacial score (nSPS) is 24.0. The molecule has 2 bridgehead atoms. The molecule has 0 spiro atoms. The third kappa shape index (κ3) is 1.14. The van der Waals surface area contributed by atoms with Gasteiger partial charge in [-0.15, -0.1) is 0 Å². The maximum absolute atomic E-state index is 2.37. The Morgan fingerprint density at radius 2 is 1.31 bits per heavy atom. The summed E-state index contributed by atoms with van der Waals surface area (Å²) in [6.45, 7) is 0. The van der Waals surface area contributed by atoms with Crippen molar-refractivity contribution in [3.8, 4) is 0 Å². The fraction of sp³-hybridized carbons (Fsp3) is 0.231. The van der Waals surface area contributed by atoms with Crippen molar-refractivity contribution >= 4 is 0 Å². The minimum atomic E-state index is 1.11. The van der Waals surface area contributed by atoms with E-state index in [1.54, 1.807) is 11.1 Å². The Morgan fingerprint density at radius 1 is 0.769 bits per heavy atom. The molecular formula is C13H12. The summed E-state index contributed by atoms with van der Waals surface area (Å²) in [5, 5.41) is 0. The lowest BCUT2D eigenvalue weighted by Crippen LogP contribution is -2.01. The van der Waals surface area contributed by atoms with Crippen molar-refractivity contribution in [1.29, 1.82) is 0 Å². The molecule has 0 atom stereocenters. The summed E-state index contributed by atoms with van der Waals surface area (Å²) < 4.78 is 0. The van der Waals surface area contributed by atoms with Gasteiger partial charge in [-0.1, -0.05) is 36.5 Å². The molecule has 0 aromatic rings. The van der Waals surface area contributed by atoms with Crippen LogP contribution in [0.25, 0.3) is 0 Å². The summed E-state index contributed by atoms with van der Waals surface area (Å²) >= 11 is 0. The molecule has 0 heterocycles. The highest BCUT2D eigenvalue weighted by atomic mass is 14.2. The number of allylic oxidation sites excluding steroid dienone is 10. The second kappa shape index (κ2) is 2.59. The van der Waals surface area contributed by atoms with Crippen LogP contribution in [0.2, 0.25) is 0 Å². The molecule has 0 aromatic carbocycles. The zero-order valence-electron chi connectivity index (χ0n) is 7.59.